The Bertz CT molecular complexity index is 1110. The van der Waals surface area contributed by atoms with Crippen LogP contribution in [0.1, 0.15) is 30.9 Å². The van der Waals surface area contributed by atoms with Gasteiger partial charge in [-0.25, -0.2) is 0 Å². The lowest BCUT2D eigenvalue weighted by molar-refractivity contribution is -0.142. The van der Waals surface area contributed by atoms with Gasteiger partial charge < -0.3 is 15.0 Å². The molecule has 0 radical (unpaired) electrons. The Hall–Kier alpha value is -3.02. The molecular formula is C28H30Cl2N2O3. The van der Waals surface area contributed by atoms with E-state index in [2.05, 4.69) is 12.2 Å². The van der Waals surface area contributed by atoms with Gasteiger partial charge in [0.1, 0.15) is 11.8 Å². The smallest absolute Gasteiger partial charge is 0.261 e. The fourth-order valence-electron chi connectivity index (χ4n) is 3.68. The summed E-state index contributed by atoms with van der Waals surface area (Å²) in [6.45, 7) is 2.58. The number of para-hydroxylation sites is 1. The van der Waals surface area contributed by atoms with Crippen molar-refractivity contribution in [3.63, 3.8) is 0 Å². The van der Waals surface area contributed by atoms with Crippen LogP contribution in [0.4, 0.5) is 0 Å². The Balaban J connectivity index is 1.89. The number of nitrogens with one attached hydrogen (secondary N) is 1. The number of hydrogen-bond acceptors (Lipinski definition) is 3. The fourth-order valence-corrected chi connectivity index (χ4v) is 4.08. The van der Waals surface area contributed by atoms with Gasteiger partial charge in [0.15, 0.2) is 6.61 Å². The fraction of sp³-hybridized carbons (Fsp3) is 0.286. The summed E-state index contributed by atoms with van der Waals surface area (Å²) in [5.74, 6) is -0.107. The van der Waals surface area contributed by atoms with Crippen molar-refractivity contribution >= 4 is 35.0 Å². The molecule has 0 spiro atoms. The summed E-state index contributed by atoms with van der Waals surface area (Å²) in [5, 5.41) is 3.98. The van der Waals surface area contributed by atoms with Crippen molar-refractivity contribution in [1.82, 2.24) is 10.2 Å². The number of amides is 2. The van der Waals surface area contributed by atoms with Gasteiger partial charge >= 0.3 is 0 Å². The van der Waals surface area contributed by atoms with Crippen molar-refractivity contribution < 1.29 is 14.3 Å². The van der Waals surface area contributed by atoms with Crippen LogP contribution < -0.4 is 10.1 Å². The second-order valence-corrected chi connectivity index (χ2v) is 9.06. The molecule has 2 amide bonds. The molecule has 35 heavy (non-hydrogen) atoms. The van der Waals surface area contributed by atoms with Crippen LogP contribution in [0.5, 0.6) is 5.75 Å². The SMILES string of the molecule is CCCCNC(=O)[C@@H](Cc1ccccc1)N(Cc1cccc(Cl)c1)C(=O)COc1ccccc1Cl. The van der Waals surface area contributed by atoms with E-state index in [1.165, 1.54) is 0 Å². The molecule has 0 saturated carbocycles. The van der Waals surface area contributed by atoms with Crippen LogP contribution >= 0.6 is 23.2 Å². The molecule has 0 aliphatic heterocycles. The summed E-state index contributed by atoms with van der Waals surface area (Å²) in [6, 6.07) is 23.2. The molecule has 1 atom stereocenters. The maximum atomic E-state index is 13.5. The van der Waals surface area contributed by atoms with Crippen LogP contribution in [0, 0.1) is 0 Å². The van der Waals surface area contributed by atoms with Crippen molar-refractivity contribution in [2.45, 2.75) is 38.8 Å². The molecule has 0 aliphatic carbocycles. The van der Waals surface area contributed by atoms with Gasteiger partial charge in [0.25, 0.3) is 5.91 Å². The molecular weight excluding hydrogens is 483 g/mol. The zero-order valence-electron chi connectivity index (χ0n) is 19.8. The Labute approximate surface area is 217 Å². The maximum absolute atomic E-state index is 13.5. The highest BCUT2D eigenvalue weighted by atomic mass is 35.5. The quantitative estimate of drug-likeness (QED) is 0.306. The summed E-state index contributed by atoms with van der Waals surface area (Å²) < 4.78 is 5.74. The number of ether oxygens (including phenoxy) is 1. The molecule has 3 rings (SSSR count). The number of halogens is 2. The van der Waals surface area contributed by atoms with Gasteiger partial charge in [-0.1, -0.05) is 91.1 Å². The van der Waals surface area contributed by atoms with E-state index in [4.69, 9.17) is 27.9 Å². The summed E-state index contributed by atoms with van der Waals surface area (Å²) in [4.78, 5) is 28.5. The number of unbranched alkanes of at least 4 members (excludes halogenated alkanes) is 1. The van der Waals surface area contributed by atoms with Crippen molar-refractivity contribution in [3.05, 3.63) is 100 Å². The zero-order valence-corrected chi connectivity index (χ0v) is 21.3. The highest BCUT2D eigenvalue weighted by Crippen LogP contribution is 2.24. The molecule has 0 saturated heterocycles. The Kier molecular flexibility index (Phi) is 10.5. The minimum atomic E-state index is -0.726. The second-order valence-electron chi connectivity index (χ2n) is 8.22. The Morgan fingerprint density at radius 3 is 2.37 bits per heavy atom. The predicted molar refractivity (Wildman–Crippen MR) is 141 cm³/mol. The average Bonchev–Trinajstić information content (AvgIpc) is 2.86. The summed E-state index contributed by atoms with van der Waals surface area (Å²) in [6.07, 6.45) is 2.19. The van der Waals surface area contributed by atoms with E-state index in [1.807, 2.05) is 42.5 Å². The number of carbonyl (C=O) groups is 2. The van der Waals surface area contributed by atoms with Crippen molar-refractivity contribution in [1.29, 1.82) is 0 Å². The van der Waals surface area contributed by atoms with Crippen LogP contribution in [0.2, 0.25) is 10.0 Å². The van der Waals surface area contributed by atoms with Gasteiger partial charge in [-0.05, 0) is 41.8 Å². The molecule has 1 N–H and O–H groups in total. The van der Waals surface area contributed by atoms with Crippen LogP contribution in [0.3, 0.4) is 0 Å². The van der Waals surface area contributed by atoms with E-state index in [9.17, 15) is 9.59 Å². The number of hydrogen-bond donors (Lipinski definition) is 1. The molecule has 7 heteroatoms. The first-order valence-electron chi connectivity index (χ1n) is 11.7. The lowest BCUT2D eigenvalue weighted by Gasteiger charge is -2.31. The molecule has 0 aliphatic rings. The third-order valence-electron chi connectivity index (χ3n) is 5.53. The molecule has 0 aromatic heterocycles. The number of nitrogens with zero attached hydrogens (tertiary/aromatic N) is 1. The van der Waals surface area contributed by atoms with Crippen molar-refractivity contribution in [2.24, 2.45) is 0 Å². The topological polar surface area (TPSA) is 58.6 Å². The van der Waals surface area contributed by atoms with Gasteiger partial charge in [-0.2, -0.15) is 0 Å². The van der Waals surface area contributed by atoms with Gasteiger partial charge in [0.2, 0.25) is 5.91 Å². The van der Waals surface area contributed by atoms with Gasteiger partial charge in [-0.3, -0.25) is 9.59 Å². The molecule has 0 fully saturated rings. The Morgan fingerprint density at radius 2 is 1.66 bits per heavy atom. The molecule has 0 heterocycles. The van der Waals surface area contributed by atoms with E-state index in [-0.39, 0.29) is 25.0 Å². The first kappa shape index (κ1) is 26.6. The normalized spacial score (nSPS) is 11.5. The monoisotopic (exact) mass is 512 g/mol. The van der Waals surface area contributed by atoms with E-state index >= 15 is 0 Å². The van der Waals surface area contributed by atoms with E-state index in [1.54, 1.807) is 41.3 Å². The van der Waals surface area contributed by atoms with Crippen molar-refractivity contribution in [2.75, 3.05) is 13.2 Å². The molecule has 3 aromatic rings. The second kappa shape index (κ2) is 13.8. The lowest BCUT2D eigenvalue weighted by Crippen LogP contribution is -2.51. The van der Waals surface area contributed by atoms with Gasteiger partial charge in [-0.15, -0.1) is 0 Å². The highest BCUT2D eigenvalue weighted by molar-refractivity contribution is 6.32. The predicted octanol–water partition coefficient (Wildman–Crippen LogP) is 5.93. The summed E-state index contributed by atoms with van der Waals surface area (Å²) >= 11 is 12.4. The van der Waals surface area contributed by atoms with Crippen LogP contribution in [0.15, 0.2) is 78.9 Å². The zero-order chi connectivity index (χ0) is 25.0. The molecule has 5 nitrogen and oxygen atoms in total. The molecule has 0 bridgehead atoms. The van der Waals surface area contributed by atoms with Gasteiger partial charge in [0.05, 0.1) is 5.02 Å². The first-order valence-corrected chi connectivity index (χ1v) is 12.5. The Morgan fingerprint density at radius 1 is 0.943 bits per heavy atom. The minimum absolute atomic E-state index is 0.199. The van der Waals surface area contributed by atoms with E-state index in [0.29, 0.717) is 28.8 Å². The number of benzene rings is 3. The molecule has 3 aromatic carbocycles. The lowest BCUT2D eigenvalue weighted by atomic mass is 10.0. The minimum Gasteiger partial charge on any atom is -0.482 e. The standard InChI is InChI=1S/C28H30Cl2N2O3/c1-2-3-16-31-28(34)25(18-21-10-5-4-6-11-21)32(19-22-12-9-13-23(29)17-22)27(33)20-35-26-15-8-7-14-24(26)30/h4-15,17,25H,2-3,16,18-20H2,1H3,(H,31,34)/t25-/m1/s1. The van der Waals surface area contributed by atoms with Gasteiger partial charge in [0, 0.05) is 24.5 Å². The largest absolute Gasteiger partial charge is 0.482 e. The van der Waals surface area contributed by atoms with Crippen LogP contribution in [0.25, 0.3) is 0 Å². The first-order chi connectivity index (χ1) is 17.0. The molecule has 184 valence electrons. The number of carbonyl (C=O) groups excluding carboxylic acids is 2. The molecule has 0 unspecified atom stereocenters. The van der Waals surface area contributed by atoms with Crippen LogP contribution in [-0.2, 0) is 22.6 Å². The summed E-state index contributed by atoms with van der Waals surface area (Å²) in [7, 11) is 0. The third-order valence-corrected chi connectivity index (χ3v) is 6.08. The van der Waals surface area contributed by atoms with E-state index in [0.717, 1.165) is 24.0 Å². The van der Waals surface area contributed by atoms with Crippen molar-refractivity contribution in [3.8, 4) is 5.75 Å². The maximum Gasteiger partial charge on any atom is 0.261 e. The highest BCUT2D eigenvalue weighted by Gasteiger charge is 2.30. The summed E-state index contributed by atoms with van der Waals surface area (Å²) in [5.41, 5.74) is 1.78. The van der Waals surface area contributed by atoms with E-state index < -0.39 is 6.04 Å². The number of rotatable bonds is 12. The average molecular weight is 513 g/mol. The third kappa shape index (κ3) is 8.30. The van der Waals surface area contributed by atoms with Crippen LogP contribution in [-0.4, -0.2) is 35.9 Å².